The highest BCUT2D eigenvalue weighted by atomic mass is 32.2. The van der Waals surface area contributed by atoms with Gasteiger partial charge in [0.15, 0.2) is 0 Å². The quantitative estimate of drug-likeness (QED) is 0.768. The number of benzene rings is 1. The van der Waals surface area contributed by atoms with Crippen molar-refractivity contribution in [3.8, 4) is 0 Å². The van der Waals surface area contributed by atoms with E-state index in [-0.39, 0.29) is 5.75 Å². The van der Waals surface area contributed by atoms with Crippen molar-refractivity contribution in [2.75, 3.05) is 16.6 Å². The molecule has 0 amide bonds. The number of hydrogen-bond donors (Lipinski definition) is 0. The summed E-state index contributed by atoms with van der Waals surface area (Å²) in [5.74, 6) is 0.167. The highest BCUT2D eigenvalue weighted by molar-refractivity contribution is 7.92. The van der Waals surface area contributed by atoms with Crippen molar-refractivity contribution >= 4 is 15.7 Å². The van der Waals surface area contributed by atoms with Crippen LogP contribution in [0.4, 0.5) is 5.69 Å². The first-order chi connectivity index (χ1) is 7.04. The molecular formula is C11H15NO2S. The maximum Gasteiger partial charge on any atom is 0.234 e. The summed E-state index contributed by atoms with van der Waals surface area (Å²) in [6, 6.07) is 6.01. The van der Waals surface area contributed by atoms with Crippen molar-refractivity contribution in [3.63, 3.8) is 0 Å². The largest absolute Gasteiger partial charge is 0.270 e. The molecule has 0 aromatic heterocycles. The third kappa shape index (κ3) is 1.74. The van der Waals surface area contributed by atoms with Crippen molar-refractivity contribution in [2.24, 2.45) is 0 Å². The van der Waals surface area contributed by atoms with Gasteiger partial charge in [-0.1, -0.05) is 12.1 Å². The van der Waals surface area contributed by atoms with E-state index < -0.39 is 10.0 Å². The number of nitrogens with zero attached hydrogens (tertiary/aromatic N) is 1. The van der Waals surface area contributed by atoms with Crippen LogP contribution in [0.3, 0.4) is 0 Å². The summed E-state index contributed by atoms with van der Waals surface area (Å²) in [5, 5.41) is 0. The van der Waals surface area contributed by atoms with E-state index in [0.717, 1.165) is 23.2 Å². The Kier molecular flexibility index (Phi) is 2.46. The van der Waals surface area contributed by atoms with Crippen LogP contribution in [-0.4, -0.2) is 20.7 Å². The van der Waals surface area contributed by atoms with Crippen LogP contribution >= 0.6 is 0 Å². The molecule has 0 N–H and O–H groups in total. The summed E-state index contributed by atoms with van der Waals surface area (Å²) < 4.78 is 25.1. The first-order valence-corrected chi connectivity index (χ1v) is 6.75. The van der Waals surface area contributed by atoms with Gasteiger partial charge in [-0.3, -0.25) is 4.31 Å². The van der Waals surface area contributed by atoms with Gasteiger partial charge in [-0.05, 0) is 37.5 Å². The average Bonchev–Trinajstić information content (AvgIpc) is 2.61. The standard InChI is InChI=1S/C11H15NO2S/c1-3-15(13,14)12-7-6-10-5-4-9(2)8-11(10)12/h4-5,8H,3,6-7H2,1-2H3. The third-order valence-corrected chi connectivity index (χ3v) is 4.57. The van der Waals surface area contributed by atoms with Gasteiger partial charge in [-0.2, -0.15) is 0 Å². The number of rotatable bonds is 2. The van der Waals surface area contributed by atoms with Crippen LogP contribution in [0.5, 0.6) is 0 Å². The highest BCUT2D eigenvalue weighted by Crippen LogP contribution is 2.31. The second-order valence-electron chi connectivity index (χ2n) is 3.85. The summed E-state index contributed by atoms with van der Waals surface area (Å²) in [5.41, 5.74) is 3.11. The minimum atomic E-state index is -3.09. The molecule has 82 valence electrons. The summed E-state index contributed by atoms with van der Waals surface area (Å²) >= 11 is 0. The molecule has 0 bridgehead atoms. The Hall–Kier alpha value is -1.03. The van der Waals surface area contributed by atoms with Crippen LogP contribution in [0.15, 0.2) is 18.2 Å². The fourth-order valence-corrected chi connectivity index (χ4v) is 3.06. The smallest absolute Gasteiger partial charge is 0.234 e. The molecule has 0 saturated carbocycles. The molecule has 1 aromatic carbocycles. The van der Waals surface area contributed by atoms with Crippen molar-refractivity contribution in [3.05, 3.63) is 29.3 Å². The van der Waals surface area contributed by atoms with E-state index in [9.17, 15) is 8.42 Å². The van der Waals surface area contributed by atoms with E-state index in [0.29, 0.717) is 6.54 Å². The Morgan fingerprint density at radius 2 is 2.13 bits per heavy atom. The lowest BCUT2D eigenvalue weighted by Crippen LogP contribution is -2.30. The Bertz CT molecular complexity index is 479. The Morgan fingerprint density at radius 1 is 1.40 bits per heavy atom. The molecule has 0 aliphatic carbocycles. The first-order valence-electron chi connectivity index (χ1n) is 5.14. The second-order valence-corrected chi connectivity index (χ2v) is 6.04. The molecule has 1 aliphatic rings. The fraction of sp³-hybridized carbons (Fsp3) is 0.455. The van der Waals surface area contributed by atoms with Crippen LogP contribution < -0.4 is 4.31 Å². The van der Waals surface area contributed by atoms with Gasteiger partial charge in [0, 0.05) is 6.54 Å². The molecule has 2 rings (SSSR count). The van der Waals surface area contributed by atoms with Gasteiger partial charge in [0.1, 0.15) is 0 Å². The minimum absolute atomic E-state index is 0.167. The maximum absolute atomic E-state index is 11.8. The van der Waals surface area contributed by atoms with Crippen molar-refractivity contribution in [1.29, 1.82) is 0 Å². The molecule has 4 heteroatoms. The van der Waals surface area contributed by atoms with Crippen LogP contribution in [0.25, 0.3) is 0 Å². The van der Waals surface area contributed by atoms with Crippen LogP contribution in [0, 0.1) is 6.92 Å². The molecule has 15 heavy (non-hydrogen) atoms. The van der Waals surface area contributed by atoms with Crippen LogP contribution in [-0.2, 0) is 16.4 Å². The lowest BCUT2D eigenvalue weighted by molar-refractivity contribution is 0.593. The molecule has 1 aromatic rings. The zero-order chi connectivity index (χ0) is 11.1. The van der Waals surface area contributed by atoms with Crippen LogP contribution in [0.1, 0.15) is 18.1 Å². The molecule has 1 heterocycles. The van der Waals surface area contributed by atoms with Gasteiger partial charge in [0.2, 0.25) is 10.0 Å². The van der Waals surface area contributed by atoms with Crippen LogP contribution in [0.2, 0.25) is 0 Å². The van der Waals surface area contributed by atoms with E-state index in [1.807, 2.05) is 25.1 Å². The predicted molar refractivity (Wildman–Crippen MR) is 61.7 cm³/mol. The number of anilines is 1. The van der Waals surface area contributed by atoms with Crippen molar-refractivity contribution in [2.45, 2.75) is 20.3 Å². The minimum Gasteiger partial charge on any atom is -0.270 e. The molecule has 0 unspecified atom stereocenters. The second kappa shape index (κ2) is 3.52. The van der Waals surface area contributed by atoms with Crippen molar-refractivity contribution in [1.82, 2.24) is 0 Å². The summed E-state index contributed by atoms with van der Waals surface area (Å²) in [6.07, 6.45) is 0.828. The molecule has 0 fully saturated rings. The van der Waals surface area contributed by atoms with E-state index in [2.05, 4.69) is 0 Å². The van der Waals surface area contributed by atoms with E-state index >= 15 is 0 Å². The van der Waals surface area contributed by atoms with Gasteiger partial charge in [-0.15, -0.1) is 0 Å². The lowest BCUT2D eigenvalue weighted by atomic mass is 10.1. The molecule has 0 saturated heterocycles. The monoisotopic (exact) mass is 225 g/mol. The molecule has 0 atom stereocenters. The van der Waals surface area contributed by atoms with Gasteiger partial charge < -0.3 is 0 Å². The predicted octanol–water partition coefficient (Wildman–Crippen LogP) is 1.71. The van der Waals surface area contributed by atoms with Gasteiger partial charge in [0.25, 0.3) is 0 Å². The SMILES string of the molecule is CCS(=O)(=O)N1CCc2ccc(C)cc21. The van der Waals surface area contributed by atoms with Gasteiger partial charge >= 0.3 is 0 Å². The number of aryl methyl sites for hydroxylation is 1. The maximum atomic E-state index is 11.8. The topological polar surface area (TPSA) is 37.4 Å². The fourth-order valence-electron chi connectivity index (χ4n) is 1.90. The molecule has 0 radical (unpaired) electrons. The number of fused-ring (bicyclic) bond motifs is 1. The van der Waals surface area contributed by atoms with E-state index in [4.69, 9.17) is 0 Å². The zero-order valence-corrected chi connectivity index (χ0v) is 9.84. The molecular weight excluding hydrogens is 210 g/mol. The molecule has 0 spiro atoms. The third-order valence-electron chi connectivity index (χ3n) is 2.79. The zero-order valence-electron chi connectivity index (χ0n) is 9.03. The summed E-state index contributed by atoms with van der Waals surface area (Å²) in [7, 11) is -3.09. The van der Waals surface area contributed by atoms with Crippen molar-refractivity contribution < 1.29 is 8.42 Å². The Morgan fingerprint density at radius 3 is 2.80 bits per heavy atom. The van der Waals surface area contributed by atoms with E-state index in [1.165, 1.54) is 4.31 Å². The normalized spacial score (nSPS) is 15.5. The average molecular weight is 225 g/mol. The lowest BCUT2D eigenvalue weighted by Gasteiger charge is -2.18. The Balaban J connectivity index is 2.49. The number of hydrogen-bond acceptors (Lipinski definition) is 2. The van der Waals surface area contributed by atoms with Gasteiger partial charge in [-0.25, -0.2) is 8.42 Å². The number of sulfonamides is 1. The molecule has 3 nitrogen and oxygen atoms in total. The summed E-state index contributed by atoms with van der Waals surface area (Å²) in [6.45, 7) is 4.26. The van der Waals surface area contributed by atoms with Gasteiger partial charge in [0.05, 0.1) is 11.4 Å². The first kappa shape index (κ1) is 10.5. The van der Waals surface area contributed by atoms with E-state index in [1.54, 1.807) is 6.92 Å². The highest BCUT2D eigenvalue weighted by Gasteiger charge is 2.27. The summed E-state index contributed by atoms with van der Waals surface area (Å²) in [4.78, 5) is 0. The Labute approximate surface area is 90.8 Å². The molecule has 1 aliphatic heterocycles.